The van der Waals surface area contributed by atoms with Gasteiger partial charge in [0.15, 0.2) is 0 Å². The van der Waals surface area contributed by atoms with Crippen LogP contribution in [0.3, 0.4) is 0 Å². The van der Waals surface area contributed by atoms with Crippen LogP contribution in [0.15, 0.2) is 66.4 Å². The van der Waals surface area contributed by atoms with Gasteiger partial charge >= 0.3 is 12.1 Å². The summed E-state index contributed by atoms with van der Waals surface area (Å²) < 4.78 is 10.2. The molecule has 1 fully saturated rings. The van der Waals surface area contributed by atoms with Crippen molar-refractivity contribution in [3.63, 3.8) is 0 Å². The molecule has 1 aliphatic carbocycles. The number of esters is 1. The summed E-state index contributed by atoms with van der Waals surface area (Å²) >= 11 is 0. The number of nitrogens with zero attached hydrogens (tertiary/aromatic N) is 2. The lowest BCUT2D eigenvalue weighted by Gasteiger charge is -2.30. The molecule has 1 saturated carbocycles. The molecule has 3 atom stereocenters. The zero-order valence-corrected chi connectivity index (χ0v) is 17.0. The maximum atomic E-state index is 12.9. The smallest absolute Gasteiger partial charge is 0.418 e. The number of rotatable bonds is 5. The Labute approximate surface area is 179 Å². The van der Waals surface area contributed by atoms with E-state index in [-0.39, 0.29) is 18.0 Å². The lowest BCUT2D eigenvalue weighted by molar-refractivity contribution is -0.531. The van der Waals surface area contributed by atoms with Gasteiger partial charge in [0.1, 0.15) is 6.61 Å². The Morgan fingerprint density at radius 1 is 1.13 bits per heavy atom. The van der Waals surface area contributed by atoms with Crippen molar-refractivity contribution >= 4 is 17.7 Å². The molecule has 0 N–H and O–H groups in total. The number of carbonyl (C=O) groups is 2. The van der Waals surface area contributed by atoms with Gasteiger partial charge in [0.25, 0.3) is 0 Å². The standard InChI is InChI=1S/C23H22N2O6/c1-30-20(26)12-16-11-17-13-24(23(27)31-14-15-7-3-2-4-8-15)19-10-6-5-9-18(19)21(17)22(16)25(28)29/h2-10,13,16,21-22H,11-12,14H2,1H3/t16-,21+,22+/m1/s1. The van der Waals surface area contributed by atoms with Gasteiger partial charge < -0.3 is 9.47 Å². The summed E-state index contributed by atoms with van der Waals surface area (Å²) in [5.74, 6) is -1.49. The summed E-state index contributed by atoms with van der Waals surface area (Å²) in [6.45, 7) is 0.118. The van der Waals surface area contributed by atoms with E-state index in [0.717, 1.165) is 11.1 Å². The van der Waals surface area contributed by atoms with Gasteiger partial charge in [-0.05, 0) is 29.2 Å². The van der Waals surface area contributed by atoms with Gasteiger partial charge in [0, 0.05) is 17.0 Å². The van der Waals surface area contributed by atoms with Gasteiger partial charge in [0.2, 0.25) is 6.04 Å². The number of hydrogen-bond donors (Lipinski definition) is 0. The first-order valence-electron chi connectivity index (χ1n) is 9.99. The monoisotopic (exact) mass is 422 g/mol. The van der Waals surface area contributed by atoms with Crippen LogP contribution in [-0.2, 0) is 20.9 Å². The lowest BCUT2D eigenvalue weighted by Crippen LogP contribution is -2.35. The summed E-state index contributed by atoms with van der Waals surface area (Å²) in [5.41, 5.74) is 2.84. The fraction of sp³-hybridized carbons (Fsp3) is 0.304. The van der Waals surface area contributed by atoms with Crippen molar-refractivity contribution in [2.75, 3.05) is 12.0 Å². The minimum Gasteiger partial charge on any atom is -0.469 e. The lowest BCUT2D eigenvalue weighted by atomic mass is 9.86. The van der Waals surface area contributed by atoms with E-state index < -0.39 is 29.9 Å². The van der Waals surface area contributed by atoms with Crippen LogP contribution in [-0.4, -0.2) is 30.1 Å². The fourth-order valence-corrected chi connectivity index (χ4v) is 4.49. The van der Waals surface area contributed by atoms with Crippen LogP contribution in [0.5, 0.6) is 0 Å². The highest BCUT2D eigenvalue weighted by atomic mass is 16.6. The van der Waals surface area contributed by atoms with E-state index in [0.29, 0.717) is 17.7 Å². The Kier molecular flexibility index (Phi) is 5.70. The third-order valence-corrected chi connectivity index (χ3v) is 5.85. The number of anilines is 1. The predicted octanol–water partition coefficient (Wildman–Crippen LogP) is 4.04. The van der Waals surface area contributed by atoms with Crippen LogP contribution in [0.25, 0.3) is 0 Å². The first kappa shape index (κ1) is 20.6. The van der Waals surface area contributed by atoms with Gasteiger partial charge in [-0.15, -0.1) is 0 Å². The maximum absolute atomic E-state index is 12.9. The normalized spacial score (nSPS) is 21.5. The highest BCUT2D eigenvalue weighted by Gasteiger charge is 2.52. The first-order valence-corrected chi connectivity index (χ1v) is 9.99. The minimum absolute atomic E-state index is 0.0450. The number of fused-ring (bicyclic) bond motifs is 3. The number of para-hydroxylation sites is 1. The summed E-state index contributed by atoms with van der Waals surface area (Å²) in [7, 11) is 1.27. The Hall–Kier alpha value is -3.68. The van der Waals surface area contributed by atoms with Crippen LogP contribution in [0.4, 0.5) is 10.5 Å². The number of amides is 1. The molecular formula is C23H22N2O6. The second-order valence-electron chi connectivity index (χ2n) is 7.67. The van der Waals surface area contributed by atoms with E-state index in [4.69, 9.17) is 9.47 Å². The molecule has 0 spiro atoms. The molecule has 0 bridgehead atoms. The van der Waals surface area contributed by atoms with Crippen molar-refractivity contribution in [1.29, 1.82) is 0 Å². The molecule has 0 unspecified atom stereocenters. The molecule has 0 saturated heterocycles. The van der Waals surface area contributed by atoms with Crippen LogP contribution < -0.4 is 4.90 Å². The molecule has 0 aromatic heterocycles. The molecule has 0 radical (unpaired) electrons. The number of nitro groups is 1. The van der Waals surface area contributed by atoms with Crippen molar-refractivity contribution in [2.45, 2.75) is 31.4 Å². The number of methoxy groups -OCH3 is 1. The third-order valence-electron chi connectivity index (χ3n) is 5.85. The molecule has 1 aliphatic heterocycles. The molecule has 31 heavy (non-hydrogen) atoms. The number of ether oxygens (including phenoxy) is 2. The van der Waals surface area contributed by atoms with Crippen LogP contribution in [0.1, 0.15) is 29.9 Å². The van der Waals surface area contributed by atoms with E-state index >= 15 is 0 Å². The second-order valence-corrected chi connectivity index (χ2v) is 7.67. The van der Waals surface area contributed by atoms with Crippen LogP contribution in [0, 0.1) is 16.0 Å². The Morgan fingerprint density at radius 3 is 2.55 bits per heavy atom. The molecule has 8 nitrogen and oxygen atoms in total. The molecule has 1 amide bonds. The van der Waals surface area contributed by atoms with Gasteiger partial charge in [-0.25, -0.2) is 4.79 Å². The van der Waals surface area contributed by atoms with Crippen LogP contribution >= 0.6 is 0 Å². The quantitative estimate of drug-likeness (QED) is 0.410. The van der Waals surface area contributed by atoms with Gasteiger partial charge in [-0.2, -0.15) is 0 Å². The van der Waals surface area contributed by atoms with E-state index in [2.05, 4.69) is 0 Å². The Balaban J connectivity index is 1.64. The fourth-order valence-electron chi connectivity index (χ4n) is 4.49. The number of benzene rings is 2. The van der Waals surface area contributed by atoms with Crippen molar-refractivity contribution in [1.82, 2.24) is 0 Å². The minimum atomic E-state index is -0.964. The highest BCUT2D eigenvalue weighted by Crippen LogP contribution is 2.51. The zero-order chi connectivity index (χ0) is 22.0. The molecule has 2 aliphatic rings. The van der Waals surface area contributed by atoms with Crippen molar-refractivity contribution in [3.8, 4) is 0 Å². The average molecular weight is 422 g/mol. The topological polar surface area (TPSA) is 99.0 Å². The number of hydrogen-bond acceptors (Lipinski definition) is 6. The SMILES string of the molecule is COC(=O)C[C@H]1CC2=CN(C(=O)OCc3ccccc3)c3ccccc3[C@H]2[C@H]1[N+](=O)[O-]. The van der Waals surface area contributed by atoms with E-state index in [1.807, 2.05) is 30.3 Å². The summed E-state index contributed by atoms with van der Waals surface area (Å²) in [5, 5.41) is 11.9. The van der Waals surface area contributed by atoms with E-state index in [1.54, 1.807) is 30.5 Å². The second kappa shape index (κ2) is 8.59. The molecule has 2 aromatic rings. The molecule has 2 aromatic carbocycles. The van der Waals surface area contributed by atoms with Gasteiger partial charge in [-0.3, -0.25) is 19.8 Å². The molecule has 1 heterocycles. The van der Waals surface area contributed by atoms with Gasteiger partial charge in [-0.1, -0.05) is 48.5 Å². The van der Waals surface area contributed by atoms with Crippen molar-refractivity contribution < 1.29 is 24.0 Å². The maximum Gasteiger partial charge on any atom is 0.418 e. The third kappa shape index (κ3) is 4.01. The van der Waals surface area contributed by atoms with Crippen molar-refractivity contribution in [2.24, 2.45) is 5.92 Å². The molecular weight excluding hydrogens is 400 g/mol. The number of carbonyl (C=O) groups excluding carboxylic acids is 2. The summed E-state index contributed by atoms with van der Waals surface area (Å²) in [6.07, 6.45) is 1.36. The molecule has 160 valence electrons. The Morgan fingerprint density at radius 2 is 1.84 bits per heavy atom. The van der Waals surface area contributed by atoms with Crippen molar-refractivity contribution in [3.05, 3.63) is 87.6 Å². The predicted molar refractivity (Wildman–Crippen MR) is 112 cm³/mol. The highest BCUT2D eigenvalue weighted by molar-refractivity contribution is 5.92. The molecule has 4 rings (SSSR count). The summed E-state index contributed by atoms with van der Waals surface area (Å²) in [6, 6.07) is 15.5. The summed E-state index contributed by atoms with van der Waals surface area (Å²) in [4.78, 5) is 37.8. The molecule has 8 heteroatoms. The first-order chi connectivity index (χ1) is 15.0. The van der Waals surface area contributed by atoms with Crippen LogP contribution in [0.2, 0.25) is 0 Å². The zero-order valence-electron chi connectivity index (χ0n) is 17.0. The average Bonchev–Trinajstić information content (AvgIpc) is 3.15. The van der Waals surface area contributed by atoms with Gasteiger partial charge in [0.05, 0.1) is 25.1 Å². The largest absolute Gasteiger partial charge is 0.469 e. The van der Waals surface area contributed by atoms with E-state index in [9.17, 15) is 19.7 Å². The van der Waals surface area contributed by atoms with E-state index in [1.165, 1.54) is 12.0 Å². The Bertz CT molecular complexity index is 1040.